The molecule has 0 radical (unpaired) electrons. The minimum absolute atomic E-state index is 0.296. The van der Waals surface area contributed by atoms with E-state index in [4.69, 9.17) is 14.2 Å². The molecule has 104 valence electrons. The second-order valence-electron chi connectivity index (χ2n) is 4.34. The fraction of sp³-hybridized carbons (Fsp3) is 0.267. The largest absolute Gasteiger partial charge is 0.478 e. The van der Waals surface area contributed by atoms with Crippen molar-refractivity contribution in [1.29, 1.82) is 0 Å². The number of hydrogen-bond acceptors (Lipinski definition) is 5. The van der Waals surface area contributed by atoms with Crippen molar-refractivity contribution in [3.63, 3.8) is 0 Å². The normalized spacial score (nSPS) is 12.2. The van der Waals surface area contributed by atoms with E-state index in [1.165, 1.54) is 0 Å². The fourth-order valence-corrected chi connectivity index (χ4v) is 1.99. The molecule has 1 aliphatic rings. The molecule has 1 aromatic heterocycles. The smallest absolute Gasteiger partial charge is 0.231 e. The van der Waals surface area contributed by atoms with E-state index in [-0.39, 0.29) is 0 Å². The third-order valence-corrected chi connectivity index (χ3v) is 2.93. The Morgan fingerprint density at radius 1 is 1.20 bits per heavy atom. The van der Waals surface area contributed by atoms with Gasteiger partial charge in [0.25, 0.3) is 0 Å². The third-order valence-electron chi connectivity index (χ3n) is 2.93. The Morgan fingerprint density at radius 3 is 3.00 bits per heavy atom. The maximum atomic E-state index is 5.37. The maximum Gasteiger partial charge on any atom is 0.231 e. The lowest BCUT2D eigenvalue weighted by atomic mass is 10.2. The zero-order valence-electron chi connectivity index (χ0n) is 11.3. The van der Waals surface area contributed by atoms with Crippen LogP contribution in [0, 0.1) is 0 Å². The van der Waals surface area contributed by atoms with Crippen LogP contribution in [0.2, 0.25) is 0 Å². The van der Waals surface area contributed by atoms with Crippen LogP contribution in [0.15, 0.2) is 36.4 Å². The summed E-state index contributed by atoms with van der Waals surface area (Å²) in [7, 11) is 0. The van der Waals surface area contributed by atoms with Gasteiger partial charge < -0.3 is 19.5 Å². The van der Waals surface area contributed by atoms with E-state index in [0.717, 1.165) is 22.9 Å². The molecule has 3 rings (SSSR count). The lowest BCUT2D eigenvalue weighted by Crippen LogP contribution is -2.02. The van der Waals surface area contributed by atoms with Gasteiger partial charge in [0.15, 0.2) is 11.5 Å². The van der Waals surface area contributed by atoms with Gasteiger partial charge in [-0.2, -0.15) is 4.98 Å². The number of fused-ring (bicyclic) bond motifs is 1. The summed E-state index contributed by atoms with van der Waals surface area (Å²) >= 11 is 0. The third kappa shape index (κ3) is 2.77. The molecule has 5 heteroatoms. The highest BCUT2D eigenvalue weighted by atomic mass is 16.7. The van der Waals surface area contributed by atoms with Crippen molar-refractivity contribution < 1.29 is 14.2 Å². The first-order chi connectivity index (χ1) is 9.85. The second-order valence-corrected chi connectivity index (χ2v) is 4.34. The van der Waals surface area contributed by atoms with Crippen molar-refractivity contribution in [3.05, 3.63) is 42.0 Å². The van der Waals surface area contributed by atoms with Crippen LogP contribution in [0.4, 0.5) is 5.82 Å². The number of ether oxygens (including phenoxy) is 3. The topological polar surface area (TPSA) is 52.6 Å². The molecular formula is C15H16N2O3. The Labute approximate surface area is 117 Å². The number of anilines is 1. The van der Waals surface area contributed by atoms with E-state index >= 15 is 0 Å². The van der Waals surface area contributed by atoms with Crippen LogP contribution in [-0.4, -0.2) is 18.4 Å². The number of hydrogen-bond donors (Lipinski definition) is 1. The van der Waals surface area contributed by atoms with Gasteiger partial charge in [0.2, 0.25) is 12.7 Å². The Morgan fingerprint density at radius 2 is 2.10 bits per heavy atom. The first-order valence-electron chi connectivity index (χ1n) is 6.57. The van der Waals surface area contributed by atoms with Crippen LogP contribution < -0.4 is 19.5 Å². The van der Waals surface area contributed by atoms with E-state index in [1.54, 1.807) is 0 Å². The molecule has 0 unspecified atom stereocenters. The SMILES string of the molecule is CCOc1cccc(NCc2ccc3c(c2)OCO3)n1. The summed E-state index contributed by atoms with van der Waals surface area (Å²) in [5.41, 5.74) is 1.11. The Kier molecular flexibility index (Phi) is 3.58. The minimum Gasteiger partial charge on any atom is -0.478 e. The molecule has 0 saturated heterocycles. The van der Waals surface area contributed by atoms with E-state index < -0.39 is 0 Å². The van der Waals surface area contributed by atoms with Crippen LogP contribution >= 0.6 is 0 Å². The molecule has 20 heavy (non-hydrogen) atoms. The summed E-state index contributed by atoms with van der Waals surface area (Å²) in [6.45, 7) is 3.51. The molecule has 1 N–H and O–H groups in total. The van der Waals surface area contributed by atoms with Gasteiger partial charge in [0, 0.05) is 12.6 Å². The van der Waals surface area contributed by atoms with Gasteiger partial charge in [-0.1, -0.05) is 12.1 Å². The van der Waals surface area contributed by atoms with Crippen LogP contribution in [0.1, 0.15) is 12.5 Å². The summed E-state index contributed by atoms with van der Waals surface area (Å²) in [6, 6.07) is 11.6. The first-order valence-corrected chi connectivity index (χ1v) is 6.57. The molecule has 2 heterocycles. The molecule has 0 saturated carbocycles. The van der Waals surface area contributed by atoms with Crippen LogP contribution in [0.5, 0.6) is 17.4 Å². The molecule has 0 bridgehead atoms. The highest BCUT2D eigenvalue weighted by Crippen LogP contribution is 2.32. The molecule has 5 nitrogen and oxygen atoms in total. The van der Waals surface area contributed by atoms with Crippen LogP contribution in [0.25, 0.3) is 0 Å². The molecule has 1 aliphatic heterocycles. The van der Waals surface area contributed by atoms with Gasteiger partial charge in [-0.05, 0) is 30.7 Å². The number of nitrogens with zero attached hydrogens (tertiary/aromatic N) is 1. The summed E-state index contributed by atoms with van der Waals surface area (Å²) in [6.07, 6.45) is 0. The molecule has 2 aromatic rings. The van der Waals surface area contributed by atoms with Crippen LogP contribution in [0.3, 0.4) is 0 Å². The zero-order chi connectivity index (χ0) is 13.8. The van der Waals surface area contributed by atoms with Crippen molar-refractivity contribution in [2.75, 3.05) is 18.7 Å². The summed E-state index contributed by atoms with van der Waals surface area (Å²) in [4.78, 5) is 4.36. The van der Waals surface area contributed by atoms with Gasteiger partial charge in [-0.3, -0.25) is 0 Å². The maximum absolute atomic E-state index is 5.37. The number of benzene rings is 1. The summed E-state index contributed by atoms with van der Waals surface area (Å²) in [5, 5.41) is 3.26. The Bertz CT molecular complexity index is 601. The van der Waals surface area contributed by atoms with E-state index in [2.05, 4.69) is 10.3 Å². The first kappa shape index (κ1) is 12.6. The molecular weight excluding hydrogens is 256 g/mol. The standard InChI is InChI=1S/C15H16N2O3/c1-2-18-15-5-3-4-14(17-15)16-9-11-6-7-12-13(8-11)20-10-19-12/h3-8H,2,9-10H2,1H3,(H,16,17). The fourth-order valence-electron chi connectivity index (χ4n) is 1.99. The lowest BCUT2D eigenvalue weighted by Gasteiger charge is -2.08. The number of pyridine rings is 1. The average Bonchev–Trinajstić information content (AvgIpc) is 2.93. The van der Waals surface area contributed by atoms with Crippen molar-refractivity contribution >= 4 is 5.82 Å². The van der Waals surface area contributed by atoms with E-state index in [1.807, 2.05) is 43.3 Å². The summed E-state index contributed by atoms with van der Waals surface area (Å²) in [5.74, 6) is 3.00. The molecule has 0 aliphatic carbocycles. The van der Waals surface area contributed by atoms with Crippen molar-refractivity contribution in [3.8, 4) is 17.4 Å². The molecule has 0 atom stereocenters. The van der Waals surface area contributed by atoms with Crippen LogP contribution in [-0.2, 0) is 6.54 Å². The van der Waals surface area contributed by atoms with Crippen molar-refractivity contribution in [2.24, 2.45) is 0 Å². The zero-order valence-corrected chi connectivity index (χ0v) is 11.3. The lowest BCUT2D eigenvalue weighted by molar-refractivity contribution is 0.174. The van der Waals surface area contributed by atoms with Crippen molar-refractivity contribution in [1.82, 2.24) is 4.98 Å². The minimum atomic E-state index is 0.296. The second kappa shape index (κ2) is 5.69. The molecule has 0 spiro atoms. The molecule has 1 aromatic carbocycles. The summed E-state index contributed by atoms with van der Waals surface area (Å²) < 4.78 is 16.0. The van der Waals surface area contributed by atoms with E-state index in [0.29, 0.717) is 25.8 Å². The Balaban J connectivity index is 1.65. The van der Waals surface area contributed by atoms with Gasteiger partial charge in [0.05, 0.1) is 6.61 Å². The van der Waals surface area contributed by atoms with Gasteiger partial charge in [0.1, 0.15) is 5.82 Å². The van der Waals surface area contributed by atoms with Gasteiger partial charge in [-0.25, -0.2) is 0 Å². The van der Waals surface area contributed by atoms with Crippen molar-refractivity contribution in [2.45, 2.75) is 13.5 Å². The number of nitrogens with one attached hydrogen (secondary N) is 1. The Hall–Kier alpha value is -2.43. The molecule has 0 fully saturated rings. The predicted octanol–water partition coefficient (Wildman–Crippen LogP) is 2.82. The van der Waals surface area contributed by atoms with Gasteiger partial charge >= 0.3 is 0 Å². The highest BCUT2D eigenvalue weighted by Gasteiger charge is 2.12. The van der Waals surface area contributed by atoms with Gasteiger partial charge in [-0.15, -0.1) is 0 Å². The number of rotatable bonds is 5. The highest BCUT2D eigenvalue weighted by molar-refractivity contribution is 5.46. The quantitative estimate of drug-likeness (QED) is 0.907. The van der Waals surface area contributed by atoms with E-state index in [9.17, 15) is 0 Å². The number of aromatic nitrogens is 1. The molecule has 0 amide bonds. The monoisotopic (exact) mass is 272 g/mol. The average molecular weight is 272 g/mol. The predicted molar refractivity (Wildman–Crippen MR) is 75.3 cm³/mol.